The Morgan fingerprint density at radius 1 is 1.41 bits per heavy atom. The molecule has 1 aromatic carbocycles. The molecule has 0 amide bonds. The molecule has 1 heterocycles. The number of aliphatic hydroxyl groups is 1. The minimum atomic E-state index is -0.499. The summed E-state index contributed by atoms with van der Waals surface area (Å²) in [4.78, 5) is 12.1. The Balaban J connectivity index is 2.71. The van der Waals surface area contributed by atoms with Gasteiger partial charge < -0.3 is 5.11 Å². The molecule has 1 N–H and O–H groups in total. The maximum Gasteiger partial charge on any atom is 0.274 e. The van der Waals surface area contributed by atoms with E-state index in [1.54, 1.807) is 23.7 Å². The molecule has 0 aliphatic heterocycles. The highest BCUT2D eigenvalue weighted by Crippen LogP contribution is 2.11. The van der Waals surface area contributed by atoms with Crippen LogP contribution in [0.25, 0.3) is 10.9 Å². The summed E-state index contributed by atoms with van der Waals surface area (Å²) in [7, 11) is 0. The maximum absolute atomic E-state index is 12.1. The molecule has 0 fully saturated rings. The quantitative estimate of drug-likeness (QED) is 0.809. The second-order valence-corrected chi connectivity index (χ2v) is 4.12. The van der Waals surface area contributed by atoms with E-state index in [0.717, 1.165) is 5.52 Å². The lowest BCUT2D eigenvalue weighted by Crippen LogP contribution is -2.25. The third-order valence-corrected chi connectivity index (χ3v) is 2.68. The molecule has 4 nitrogen and oxygen atoms in total. The van der Waals surface area contributed by atoms with Crippen LogP contribution >= 0.6 is 0 Å². The van der Waals surface area contributed by atoms with Gasteiger partial charge >= 0.3 is 0 Å². The number of aliphatic hydroxyl groups excluding tert-OH is 1. The summed E-state index contributed by atoms with van der Waals surface area (Å²) in [6.07, 6.45) is 1.18. The molecule has 1 aromatic heterocycles. The number of hydrogen-bond acceptors (Lipinski definition) is 2. The lowest BCUT2D eigenvalue weighted by Gasteiger charge is -2.12. The molecule has 4 heteroatoms. The fourth-order valence-corrected chi connectivity index (χ4v) is 2.01. The topological polar surface area (TPSA) is 47.2 Å². The highest BCUT2D eigenvalue weighted by atomic mass is 16.3. The van der Waals surface area contributed by atoms with E-state index in [4.69, 9.17) is 0 Å². The van der Waals surface area contributed by atoms with Crippen LogP contribution in [-0.2, 0) is 13.1 Å². The normalized spacial score (nSPS) is 12.8. The van der Waals surface area contributed by atoms with Crippen molar-refractivity contribution in [2.75, 3.05) is 0 Å². The van der Waals surface area contributed by atoms with E-state index in [1.807, 2.05) is 22.9 Å². The molecule has 0 bridgehead atoms. The predicted octanol–water partition coefficient (Wildman–Crippen LogP) is 1.37. The van der Waals surface area contributed by atoms with E-state index < -0.39 is 6.10 Å². The average molecular weight is 232 g/mol. The molecule has 0 aliphatic carbocycles. The number of para-hydroxylation sites is 1. The number of hydrogen-bond donors (Lipinski definition) is 1. The van der Waals surface area contributed by atoms with Crippen LogP contribution < -0.4 is 5.56 Å². The second kappa shape index (κ2) is 4.59. The van der Waals surface area contributed by atoms with Crippen LogP contribution in [0, 0.1) is 0 Å². The minimum Gasteiger partial charge on any atom is -0.391 e. The molecular formula is C13H16N2O2. The first kappa shape index (κ1) is 11.7. The number of fused-ring (bicyclic) bond motifs is 1. The third-order valence-electron chi connectivity index (χ3n) is 2.68. The van der Waals surface area contributed by atoms with Gasteiger partial charge in [-0.15, -0.1) is 6.58 Å². The minimum absolute atomic E-state index is 0.0406. The lowest BCUT2D eigenvalue weighted by molar-refractivity contribution is 0.163. The number of allylic oxidation sites excluding steroid dienone is 1. The lowest BCUT2D eigenvalue weighted by atomic mass is 10.2. The van der Waals surface area contributed by atoms with Gasteiger partial charge in [-0.1, -0.05) is 18.2 Å². The molecule has 0 saturated heterocycles. The molecule has 1 unspecified atom stereocenters. The monoisotopic (exact) mass is 232 g/mol. The van der Waals surface area contributed by atoms with Gasteiger partial charge in [0.2, 0.25) is 0 Å². The summed E-state index contributed by atoms with van der Waals surface area (Å²) in [5, 5.41) is 10.2. The zero-order valence-corrected chi connectivity index (χ0v) is 9.84. The maximum atomic E-state index is 12.1. The van der Waals surface area contributed by atoms with Gasteiger partial charge in [-0.25, -0.2) is 4.68 Å². The fourth-order valence-electron chi connectivity index (χ4n) is 2.01. The van der Waals surface area contributed by atoms with Crippen molar-refractivity contribution in [1.29, 1.82) is 0 Å². The zero-order valence-electron chi connectivity index (χ0n) is 9.84. The average Bonchev–Trinajstić information content (AvgIpc) is 2.55. The zero-order chi connectivity index (χ0) is 12.4. The van der Waals surface area contributed by atoms with Crippen molar-refractivity contribution in [3.8, 4) is 0 Å². The second-order valence-electron chi connectivity index (χ2n) is 4.12. The Kier molecular flexibility index (Phi) is 3.15. The first-order valence-electron chi connectivity index (χ1n) is 5.62. The largest absolute Gasteiger partial charge is 0.391 e. The summed E-state index contributed by atoms with van der Waals surface area (Å²) in [6, 6.07) is 7.42. The standard InChI is InChI=1S/C13H16N2O2/c1-3-8-14-13(17)11-6-4-5-7-12(11)15(14)9-10(2)16/h3-7,10,16H,1,8-9H2,2H3. The fraction of sp³-hybridized carbons (Fsp3) is 0.308. The van der Waals surface area contributed by atoms with E-state index in [-0.39, 0.29) is 5.56 Å². The van der Waals surface area contributed by atoms with Gasteiger partial charge in [-0.2, -0.15) is 0 Å². The Bertz CT molecular complexity index is 593. The van der Waals surface area contributed by atoms with Crippen molar-refractivity contribution in [2.45, 2.75) is 26.1 Å². The van der Waals surface area contributed by atoms with Crippen LogP contribution in [0.15, 0.2) is 41.7 Å². The Hall–Kier alpha value is -1.81. The van der Waals surface area contributed by atoms with Crippen molar-refractivity contribution >= 4 is 10.9 Å². The van der Waals surface area contributed by atoms with E-state index in [0.29, 0.717) is 18.5 Å². The number of nitrogens with zero attached hydrogens (tertiary/aromatic N) is 2. The van der Waals surface area contributed by atoms with E-state index in [1.165, 1.54) is 0 Å². The van der Waals surface area contributed by atoms with Crippen LogP contribution in [0.2, 0.25) is 0 Å². The first-order chi connectivity index (χ1) is 8.15. The number of rotatable bonds is 4. The SMILES string of the molecule is C=CCn1c(=O)c2ccccc2n1CC(C)O. The Labute approximate surface area is 99.4 Å². The summed E-state index contributed by atoms with van der Waals surface area (Å²) >= 11 is 0. The molecule has 2 aromatic rings. The van der Waals surface area contributed by atoms with Crippen LogP contribution in [0.1, 0.15) is 6.92 Å². The molecule has 2 rings (SSSR count). The predicted molar refractivity (Wildman–Crippen MR) is 68.1 cm³/mol. The van der Waals surface area contributed by atoms with Gasteiger partial charge in [0, 0.05) is 0 Å². The molecule has 17 heavy (non-hydrogen) atoms. The highest BCUT2D eigenvalue weighted by Gasteiger charge is 2.12. The van der Waals surface area contributed by atoms with Crippen LogP contribution in [0.5, 0.6) is 0 Å². The van der Waals surface area contributed by atoms with Crippen LogP contribution in [0.3, 0.4) is 0 Å². The molecule has 90 valence electrons. The van der Waals surface area contributed by atoms with Crippen molar-refractivity contribution < 1.29 is 5.11 Å². The van der Waals surface area contributed by atoms with Crippen molar-refractivity contribution in [1.82, 2.24) is 9.36 Å². The number of aromatic nitrogens is 2. The highest BCUT2D eigenvalue weighted by molar-refractivity contribution is 5.78. The molecule has 1 atom stereocenters. The summed E-state index contributed by atoms with van der Waals surface area (Å²) in [5.74, 6) is 0. The molecule has 0 saturated carbocycles. The van der Waals surface area contributed by atoms with E-state index in [9.17, 15) is 9.90 Å². The van der Waals surface area contributed by atoms with Gasteiger partial charge in [-0.05, 0) is 19.1 Å². The van der Waals surface area contributed by atoms with Gasteiger partial charge in [0.15, 0.2) is 0 Å². The Morgan fingerprint density at radius 3 is 2.76 bits per heavy atom. The van der Waals surface area contributed by atoms with Crippen LogP contribution in [0.4, 0.5) is 0 Å². The molecule has 0 radical (unpaired) electrons. The first-order valence-corrected chi connectivity index (χ1v) is 5.62. The summed E-state index contributed by atoms with van der Waals surface area (Å²) < 4.78 is 3.41. The van der Waals surface area contributed by atoms with Gasteiger partial charge in [0.1, 0.15) is 0 Å². The van der Waals surface area contributed by atoms with Crippen LogP contribution in [-0.4, -0.2) is 20.6 Å². The van der Waals surface area contributed by atoms with Crippen molar-refractivity contribution in [3.05, 3.63) is 47.3 Å². The Morgan fingerprint density at radius 2 is 2.12 bits per heavy atom. The smallest absolute Gasteiger partial charge is 0.274 e. The van der Waals surface area contributed by atoms with Crippen molar-refractivity contribution in [2.24, 2.45) is 0 Å². The van der Waals surface area contributed by atoms with Gasteiger partial charge in [-0.3, -0.25) is 9.48 Å². The van der Waals surface area contributed by atoms with Gasteiger partial charge in [0.05, 0.1) is 30.1 Å². The molecular weight excluding hydrogens is 216 g/mol. The van der Waals surface area contributed by atoms with Crippen molar-refractivity contribution in [3.63, 3.8) is 0 Å². The van der Waals surface area contributed by atoms with Gasteiger partial charge in [0.25, 0.3) is 5.56 Å². The molecule has 0 spiro atoms. The summed E-state index contributed by atoms with van der Waals surface area (Å²) in [5.41, 5.74) is 0.807. The van der Waals surface area contributed by atoms with E-state index >= 15 is 0 Å². The third kappa shape index (κ3) is 2.03. The summed E-state index contributed by atoms with van der Waals surface area (Å²) in [6.45, 7) is 6.20. The van der Waals surface area contributed by atoms with E-state index in [2.05, 4.69) is 6.58 Å². The molecule has 0 aliphatic rings. The number of benzene rings is 1.